The molecule has 488 valence electrons. The van der Waals surface area contributed by atoms with Crippen molar-refractivity contribution in [3.05, 3.63) is 24.3 Å². The second-order valence-electron chi connectivity index (χ2n) is 26.7. The lowest BCUT2D eigenvalue weighted by molar-refractivity contribution is -0.870. The third-order valence-electron chi connectivity index (χ3n) is 17.2. The van der Waals surface area contributed by atoms with Crippen LogP contribution in [0, 0.1) is 0 Å². The fourth-order valence-corrected chi connectivity index (χ4v) is 12.2. The average molecular weight is 1180 g/mol. The summed E-state index contributed by atoms with van der Waals surface area (Å²) in [5.41, 5.74) is 0. The Labute approximate surface area is 513 Å². The standard InChI is InChI=1S/C73H145N2O6P/c1-6-8-10-12-14-16-18-20-22-24-26-28-30-32-33-34-35-36-37-38-39-40-41-43-45-47-49-51-53-55-57-59-61-63-65-67-73(77)74-71(70-81-82(78,79)80-69-68-75(3,4)5)72(76)66-64-62-60-58-56-54-52-50-48-46-44-42-31-29-27-25-23-21-19-17-15-13-11-9-7-2/h56,58,64,66,71-72,76H,6-55,57,59-63,65,67-70H2,1-5H3,(H-,74,77,78,79)/b58-56+,66-64+. The highest BCUT2D eigenvalue weighted by molar-refractivity contribution is 7.45. The van der Waals surface area contributed by atoms with Crippen molar-refractivity contribution in [1.82, 2.24) is 5.32 Å². The minimum absolute atomic E-state index is 0.00338. The van der Waals surface area contributed by atoms with E-state index in [2.05, 4.69) is 31.3 Å². The van der Waals surface area contributed by atoms with E-state index in [0.29, 0.717) is 17.4 Å². The number of hydrogen-bond donors (Lipinski definition) is 2. The van der Waals surface area contributed by atoms with E-state index < -0.39 is 20.0 Å². The normalized spacial score (nSPS) is 13.7. The molecule has 0 fully saturated rings. The van der Waals surface area contributed by atoms with E-state index in [0.717, 1.165) is 38.5 Å². The van der Waals surface area contributed by atoms with Gasteiger partial charge in [-0.1, -0.05) is 372 Å². The lowest BCUT2D eigenvalue weighted by Crippen LogP contribution is -2.45. The molecule has 3 unspecified atom stereocenters. The van der Waals surface area contributed by atoms with Crippen molar-refractivity contribution in [3.8, 4) is 0 Å². The monoisotopic (exact) mass is 1180 g/mol. The Morgan fingerprint density at radius 3 is 0.988 bits per heavy atom. The number of carbonyl (C=O) groups excluding carboxylic acids is 1. The Balaban J connectivity index is 3.99. The molecule has 0 heterocycles. The zero-order chi connectivity index (χ0) is 59.8. The molecule has 0 radical (unpaired) electrons. The van der Waals surface area contributed by atoms with E-state index in [-0.39, 0.29) is 19.1 Å². The van der Waals surface area contributed by atoms with Crippen LogP contribution in [-0.4, -0.2) is 68.5 Å². The number of amides is 1. The summed E-state index contributed by atoms with van der Waals surface area (Å²) < 4.78 is 23.5. The molecular weight excluding hydrogens is 1030 g/mol. The summed E-state index contributed by atoms with van der Waals surface area (Å²) >= 11 is 0. The zero-order valence-corrected chi connectivity index (χ0v) is 56.9. The van der Waals surface area contributed by atoms with E-state index >= 15 is 0 Å². The van der Waals surface area contributed by atoms with Crippen LogP contribution in [0.15, 0.2) is 24.3 Å². The number of nitrogens with one attached hydrogen (secondary N) is 1. The highest BCUT2D eigenvalue weighted by Crippen LogP contribution is 2.38. The molecule has 2 N–H and O–H groups in total. The number of nitrogens with zero attached hydrogens (tertiary/aromatic N) is 1. The van der Waals surface area contributed by atoms with Crippen LogP contribution in [0.2, 0.25) is 0 Å². The van der Waals surface area contributed by atoms with Gasteiger partial charge in [-0.3, -0.25) is 9.36 Å². The minimum atomic E-state index is -4.61. The van der Waals surface area contributed by atoms with Gasteiger partial charge in [-0.05, 0) is 32.1 Å². The first-order chi connectivity index (χ1) is 40.0. The molecule has 82 heavy (non-hydrogen) atoms. The van der Waals surface area contributed by atoms with Crippen molar-refractivity contribution in [1.29, 1.82) is 0 Å². The van der Waals surface area contributed by atoms with Crippen LogP contribution >= 0.6 is 7.82 Å². The summed E-state index contributed by atoms with van der Waals surface area (Å²) in [4.78, 5) is 25.6. The van der Waals surface area contributed by atoms with E-state index in [1.807, 2.05) is 27.2 Å². The van der Waals surface area contributed by atoms with Gasteiger partial charge in [0.05, 0.1) is 39.9 Å². The van der Waals surface area contributed by atoms with Gasteiger partial charge in [-0.15, -0.1) is 0 Å². The second kappa shape index (κ2) is 64.5. The number of likely N-dealkylation sites (N-methyl/N-ethyl adjacent to an activating group) is 1. The van der Waals surface area contributed by atoms with Gasteiger partial charge in [-0.2, -0.15) is 0 Å². The molecule has 0 saturated carbocycles. The van der Waals surface area contributed by atoms with Crippen LogP contribution < -0.4 is 10.2 Å². The minimum Gasteiger partial charge on any atom is -0.756 e. The predicted octanol–water partition coefficient (Wildman–Crippen LogP) is 22.8. The highest BCUT2D eigenvalue weighted by atomic mass is 31.2. The van der Waals surface area contributed by atoms with Crippen LogP contribution in [0.3, 0.4) is 0 Å². The van der Waals surface area contributed by atoms with Gasteiger partial charge >= 0.3 is 0 Å². The highest BCUT2D eigenvalue weighted by Gasteiger charge is 2.23. The molecule has 0 aliphatic heterocycles. The number of rotatable bonds is 69. The average Bonchev–Trinajstić information content (AvgIpc) is 3.47. The Hall–Kier alpha value is -1.02. The molecule has 9 heteroatoms. The number of phosphoric acid groups is 1. The lowest BCUT2D eigenvalue weighted by atomic mass is 10.0. The van der Waals surface area contributed by atoms with Crippen molar-refractivity contribution in [2.75, 3.05) is 40.9 Å². The summed E-state index contributed by atoms with van der Waals surface area (Å²) in [6.07, 6.45) is 84.7. The number of carbonyl (C=O) groups is 1. The molecule has 0 aliphatic carbocycles. The first-order valence-corrected chi connectivity index (χ1v) is 38.2. The Morgan fingerprint density at radius 2 is 0.683 bits per heavy atom. The van der Waals surface area contributed by atoms with E-state index in [1.54, 1.807) is 6.08 Å². The molecule has 0 rings (SSSR count). The van der Waals surface area contributed by atoms with Gasteiger partial charge in [0, 0.05) is 6.42 Å². The van der Waals surface area contributed by atoms with Crippen molar-refractivity contribution in [2.45, 2.75) is 398 Å². The van der Waals surface area contributed by atoms with Gasteiger partial charge in [0.1, 0.15) is 13.2 Å². The Morgan fingerprint density at radius 1 is 0.415 bits per heavy atom. The number of quaternary nitrogens is 1. The van der Waals surface area contributed by atoms with E-state index in [4.69, 9.17) is 9.05 Å². The summed E-state index contributed by atoms with van der Waals surface area (Å²) in [5.74, 6) is -0.198. The summed E-state index contributed by atoms with van der Waals surface area (Å²) in [6.45, 7) is 4.70. The number of phosphoric ester groups is 1. The van der Waals surface area contributed by atoms with Gasteiger partial charge in [0.25, 0.3) is 7.82 Å². The molecule has 0 aromatic carbocycles. The topological polar surface area (TPSA) is 108 Å². The maximum absolute atomic E-state index is 13.0. The molecule has 8 nitrogen and oxygen atoms in total. The Kier molecular flexibility index (Phi) is 63.7. The second-order valence-corrected chi connectivity index (χ2v) is 28.1. The Bertz CT molecular complexity index is 1390. The number of aliphatic hydroxyl groups is 1. The van der Waals surface area contributed by atoms with Crippen molar-refractivity contribution in [2.24, 2.45) is 0 Å². The summed E-state index contributed by atoms with van der Waals surface area (Å²) in [7, 11) is 1.26. The smallest absolute Gasteiger partial charge is 0.268 e. The number of hydrogen-bond acceptors (Lipinski definition) is 6. The summed E-state index contributed by atoms with van der Waals surface area (Å²) in [6, 6.07) is -0.902. The zero-order valence-electron chi connectivity index (χ0n) is 56.0. The quantitative estimate of drug-likeness (QED) is 0.0272. The third kappa shape index (κ3) is 66.5. The van der Waals surface area contributed by atoms with Gasteiger partial charge in [0.2, 0.25) is 5.91 Å². The fraction of sp³-hybridized carbons (Fsp3) is 0.932. The van der Waals surface area contributed by atoms with Gasteiger partial charge < -0.3 is 28.8 Å². The molecule has 0 spiro atoms. The molecule has 0 aliphatic rings. The largest absolute Gasteiger partial charge is 0.756 e. The number of unbranched alkanes of at least 4 members (excludes halogenated alkanes) is 54. The van der Waals surface area contributed by atoms with Crippen LogP contribution in [0.1, 0.15) is 386 Å². The van der Waals surface area contributed by atoms with Crippen LogP contribution in [0.4, 0.5) is 0 Å². The van der Waals surface area contributed by atoms with Crippen molar-refractivity contribution < 1.29 is 32.9 Å². The van der Waals surface area contributed by atoms with Crippen LogP contribution in [0.5, 0.6) is 0 Å². The third-order valence-corrected chi connectivity index (χ3v) is 18.1. The SMILES string of the molecule is CCCCCCCCCCCCCCCCCCCCC/C=C/CC/C=C/C(O)C(COP(=O)([O-])OCC[N+](C)(C)C)NC(=O)CCCCCCCCCCCCCCCCCCCCCCCCCCCCCCCCCCCCC. The molecule has 0 aromatic rings. The summed E-state index contributed by atoms with van der Waals surface area (Å²) in [5, 5.41) is 14.0. The molecule has 0 bridgehead atoms. The van der Waals surface area contributed by atoms with Crippen molar-refractivity contribution >= 4 is 13.7 Å². The van der Waals surface area contributed by atoms with Crippen LogP contribution in [-0.2, 0) is 18.4 Å². The van der Waals surface area contributed by atoms with Gasteiger partial charge in [0.15, 0.2) is 0 Å². The first-order valence-electron chi connectivity index (χ1n) is 36.7. The maximum Gasteiger partial charge on any atom is 0.268 e. The lowest BCUT2D eigenvalue weighted by Gasteiger charge is -2.29. The molecular formula is C73H145N2O6P. The van der Waals surface area contributed by atoms with Gasteiger partial charge in [-0.25, -0.2) is 0 Å². The molecule has 0 aromatic heterocycles. The van der Waals surface area contributed by atoms with E-state index in [9.17, 15) is 19.4 Å². The molecule has 0 saturated heterocycles. The van der Waals surface area contributed by atoms with Crippen LogP contribution in [0.25, 0.3) is 0 Å². The fourth-order valence-electron chi connectivity index (χ4n) is 11.5. The molecule has 1 amide bonds. The predicted molar refractivity (Wildman–Crippen MR) is 358 cm³/mol. The maximum atomic E-state index is 13.0. The first kappa shape index (κ1) is 81.0. The van der Waals surface area contributed by atoms with E-state index in [1.165, 1.54) is 327 Å². The number of aliphatic hydroxyl groups excluding tert-OH is 1. The van der Waals surface area contributed by atoms with Crippen molar-refractivity contribution in [3.63, 3.8) is 0 Å². The number of allylic oxidation sites excluding steroid dienone is 3. The molecule has 3 atom stereocenters.